The molecular weight excluding hydrogens is 386 g/mol. The molecule has 0 spiro atoms. The monoisotopic (exact) mass is 421 g/mol. The number of nitrogens with one attached hydrogen (secondary N) is 2. The molecule has 0 aromatic heterocycles. The lowest BCUT2D eigenvalue weighted by Gasteiger charge is -2.38. The largest absolute Gasteiger partial charge is 0.481 e. The van der Waals surface area contributed by atoms with E-state index in [1.165, 1.54) is 37.0 Å². The van der Waals surface area contributed by atoms with Crippen LogP contribution in [0.25, 0.3) is 0 Å². The Morgan fingerprint density at radius 3 is 2.39 bits per heavy atom. The van der Waals surface area contributed by atoms with Gasteiger partial charge < -0.3 is 15.7 Å². The standard InChI is InChI=1S/C26H35N3O2/c1-3-24(28-20-8-4-5-9-20)29-23-11-6-10-22(23)18(2)27-21-14-12-19(13-15-21)26(25(30)31)16-7-17-26/h3,12-15,20,27-28H,4-11,16-17H2,1-2H3,(H,30,31)/b22-18+,24-3-,29-23-. The molecule has 4 rings (SSSR count). The van der Waals surface area contributed by atoms with Crippen molar-refractivity contribution in [2.75, 3.05) is 5.32 Å². The van der Waals surface area contributed by atoms with E-state index >= 15 is 0 Å². The van der Waals surface area contributed by atoms with E-state index < -0.39 is 11.4 Å². The van der Waals surface area contributed by atoms with Crippen LogP contribution >= 0.6 is 0 Å². The summed E-state index contributed by atoms with van der Waals surface area (Å²) in [6.45, 7) is 4.17. The first-order chi connectivity index (χ1) is 15.0. The van der Waals surface area contributed by atoms with Gasteiger partial charge in [-0.15, -0.1) is 0 Å². The van der Waals surface area contributed by atoms with Crippen molar-refractivity contribution in [2.45, 2.75) is 89.5 Å². The van der Waals surface area contributed by atoms with E-state index in [1.807, 2.05) is 24.3 Å². The Hall–Kier alpha value is -2.56. The van der Waals surface area contributed by atoms with E-state index in [9.17, 15) is 9.90 Å². The average molecular weight is 422 g/mol. The summed E-state index contributed by atoms with van der Waals surface area (Å²) >= 11 is 0. The predicted molar refractivity (Wildman–Crippen MR) is 126 cm³/mol. The highest BCUT2D eigenvalue weighted by atomic mass is 16.4. The highest BCUT2D eigenvalue weighted by molar-refractivity contribution is 6.03. The number of carbonyl (C=O) groups is 1. The maximum Gasteiger partial charge on any atom is 0.314 e. The summed E-state index contributed by atoms with van der Waals surface area (Å²) in [5.41, 5.74) is 4.86. The molecule has 0 unspecified atom stereocenters. The molecule has 3 aliphatic carbocycles. The van der Waals surface area contributed by atoms with Crippen LogP contribution in [0.3, 0.4) is 0 Å². The molecule has 0 atom stereocenters. The number of rotatable bonds is 7. The molecule has 0 radical (unpaired) electrons. The number of carboxylic acids is 1. The van der Waals surface area contributed by atoms with Crippen molar-refractivity contribution in [1.82, 2.24) is 5.32 Å². The molecule has 5 nitrogen and oxygen atoms in total. The number of aliphatic carboxylic acids is 1. The number of benzene rings is 1. The van der Waals surface area contributed by atoms with E-state index in [-0.39, 0.29) is 0 Å². The quantitative estimate of drug-likeness (QED) is 0.513. The van der Waals surface area contributed by atoms with Crippen molar-refractivity contribution in [2.24, 2.45) is 4.99 Å². The van der Waals surface area contributed by atoms with E-state index in [4.69, 9.17) is 4.99 Å². The molecule has 3 saturated carbocycles. The number of carboxylic acid groups (broad SMARTS) is 1. The SMILES string of the molecule is C\C=C(/N=C1/CCC/C1=C(/C)Nc1ccc(C2(C(=O)O)CCC2)cc1)NC1CCCC1. The van der Waals surface area contributed by atoms with Crippen LogP contribution in [0, 0.1) is 0 Å². The van der Waals surface area contributed by atoms with Crippen LogP contribution < -0.4 is 10.6 Å². The number of hydrogen-bond donors (Lipinski definition) is 3. The predicted octanol–water partition coefficient (Wildman–Crippen LogP) is 5.90. The second kappa shape index (κ2) is 9.29. The van der Waals surface area contributed by atoms with Gasteiger partial charge in [0.15, 0.2) is 0 Å². The summed E-state index contributed by atoms with van der Waals surface area (Å²) in [6, 6.07) is 8.52. The Labute approximate surface area is 185 Å². The van der Waals surface area contributed by atoms with Gasteiger partial charge in [0.25, 0.3) is 0 Å². The summed E-state index contributed by atoms with van der Waals surface area (Å²) < 4.78 is 0. The lowest BCUT2D eigenvalue weighted by Crippen LogP contribution is -2.42. The van der Waals surface area contributed by atoms with Gasteiger partial charge in [0, 0.05) is 23.1 Å². The maximum atomic E-state index is 11.8. The van der Waals surface area contributed by atoms with Crippen LogP contribution in [0.5, 0.6) is 0 Å². The molecule has 3 fully saturated rings. The molecule has 0 heterocycles. The second-order valence-electron chi connectivity index (χ2n) is 9.26. The summed E-state index contributed by atoms with van der Waals surface area (Å²) in [6.07, 6.45) is 12.8. The molecule has 31 heavy (non-hydrogen) atoms. The molecule has 5 heteroatoms. The van der Waals surface area contributed by atoms with Gasteiger partial charge >= 0.3 is 5.97 Å². The smallest absolute Gasteiger partial charge is 0.314 e. The van der Waals surface area contributed by atoms with Gasteiger partial charge in [-0.05, 0) is 88.1 Å². The zero-order valence-electron chi connectivity index (χ0n) is 18.8. The van der Waals surface area contributed by atoms with E-state index in [0.717, 1.165) is 61.3 Å². The molecule has 0 aliphatic heterocycles. The third-order valence-electron chi connectivity index (χ3n) is 7.26. The van der Waals surface area contributed by atoms with Crippen LogP contribution in [-0.4, -0.2) is 22.8 Å². The Morgan fingerprint density at radius 1 is 1.10 bits per heavy atom. The summed E-state index contributed by atoms with van der Waals surface area (Å²) in [4.78, 5) is 16.7. The van der Waals surface area contributed by atoms with Crippen molar-refractivity contribution in [3.8, 4) is 0 Å². The van der Waals surface area contributed by atoms with Crippen LogP contribution in [0.1, 0.15) is 83.6 Å². The molecule has 166 valence electrons. The van der Waals surface area contributed by atoms with E-state index in [1.54, 1.807) is 0 Å². The minimum Gasteiger partial charge on any atom is -0.481 e. The molecular formula is C26H35N3O2. The Morgan fingerprint density at radius 2 is 1.81 bits per heavy atom. The highest BCUT2D eigenvalue weighted by Crippen LogP contribution is 2.44. The lowest BCUT2D eigenvalue weighted by molar-refractivity contribution is -0.147. The van der Waals surface area contributed by atoms with Crippen molar-refractivity contribution < 1.29 is 9.90 Å². The van der Waals surface area contributed by atoms with Gasteiger partial charge in [0.2, 0.25) is 0 Å². The number of anilines is 1. The van der Waals surface area contributed by atoms with Crippen molar-refractivity contribution in [1.29, 1.82) is 0 Å². The van der Waals surface area contributed by atoms with Crippen LogP contribution in [0.2, 0.25) is 0 Å². The van der Waals surface area contributed by atoms with Crippen molar-refractivity contribution in [3.05, 3.63) is 53.0 Å². The molecule has 3 aliphatic rings. The van der Waals surface area contributed by atoms with Gasteiger partial charge in [0.1, 0.15) is 5.82 Å². The average Bonchev–Trinajstić information content (AvgIpc) is 3.39. The topological polar surface area (TPSA) is 73.7 Å². The molecule has 1 aromatic rings. The highest BCUT2D eigenvalue weighted by Gasteiger charge is 2.45. The third-order valence-corrected chi connectivity index (χ3v) is 7.26. The Balaban J connectivity index is 1.47. The first-order valence-corrected chi connectivity index (χ1v) is 11.8. The fourth-order valence-corrected chi connectivity index (χ4v) is 5.18. The van der Waals surface area contributed by atoms with Gasteiger partial charge in [-0.25, -0.2) is 4.99 Å². The number of hydrogen-bond acceptors (Lipinski definition) is 4. The Kier molecular flexibility index (Phi) is 6.49. The molecule has 0 bridgehead atoms. The molecule has 3 N–H and O–H groups in total. The van der Waals surface area contributed by atoms with Crippen molar-refractivity contribution >= 4 is 17.4 Å². The number of aliphatic imine (C=N–C) groups is 1. The minimum absolute atomic E-state index is 0.562. The second-order valence-corrected chi connectivity index (χ2v) is 9.26. The van der Waals surface area contributed by atoms with Crippen molar-refractivity contribution in [3.63, 3.8) is 0 Å². The summed E-state index contributed by atoms with van der Waals surface area (Å²) in [5, 5.41) is 16.8. The van der Waals surface area contributed by atoms with E-state index in [0.29, 0.717) is 6.04 Å². The number of allylic oxidation sites excluding steroid dienone is 3. The first kappa shape index (κ1) is 21.7. The van der Waals surface area contributed by atoms with E-state index in [2.05, 4.69) is 30.6 Å². The van der Waals surface area contributed by atoms with Crippen LogP contribution in [0.15, 0.2) is 52.4 Å². The van der Waals surface area contributed by atoms with Gasteiger partial charge in [-0.1, -0.05) is 31.4 Å². The normalized spacial score (nSPS) is 24.2. The summed E-state index contributed by atoms with van der Waals surface area (Å²) in [7, 11) is 0. The van der Waals surface area contributed by atoms with Crippen LogP contribution in [0.4, 0.5) is 5.69 Å². The fraction of sp³-hybridized carbons (Fsp3) is 0.538. The van der Waals surface area contributed by atoms with Crippen LogP contribution in [-0.2, 0) is 10.2 Å². The first-order valence-electron chi connectivity index (χ1n) is 11.8. The molecule has 1 aromatic carbocycles. The van der Waals surface area contributed by atoms with Gasteiger partial charge in [-0.2, -0.15) is 0 Å². The third kappa shape index (κ3) is 4.56. The lowest BCUT2D eigenvalue weighted by atomic mass is 9.64. The van der Waals surface area contributed by atoms with Gasteiger partial charge in [-0.3, -0.25) is 4.79 Å². The minimum atomic E-state index is -0.699. The Bertz CT molecular complexity index is 901. The molecule has 0 saturated heterocycles. The van der Waals surface area contributed by atoms with Gasteiger partial charge in [0.05, 0.1) is 5.41 Å². The molecule has 0 amide bonds. The zero-order valence-corrected chi connectivity index (χ0v) is 18.8. The fourth-order valence-electron chi connectivity index (χ4n) is 5.18. The zero-order chi connectivity index (χ0) is 21.8. The summed E-state index contributed by atoms with van der Waals surface area (Å²) in [5.74, 6) is 0.300. The number of nitrogens with zero attached hydrogens (tertiary/aromatic N) is 1. The maximum absolute atomic E-state index is 11.8.